The lowest BCUT2D eigenvalue weighted by Gasteiger charge is -2.13. The Morgan fingerprint density at radius 3 is 2.46 bits per heavy atom. The zero-order valence-electron chi connectivity index (χ0n) is 19.7. The van der Waals surface area contributed by atoms with E-state index in [0.29, 0.717) is 28.5 Å². The number of aryl methyl sites for hydroxylation is 4. The number of aromatic nitrogens is 4. The summed E-state index contributed by atoms with van der Waals surface area (Å²) in [6.07, 6.45) is 0. The number of phenolic OH excluding ortho intramolecular Hbond substituents is 1. The molecule has 5 aromatic rings. The van der Waals surface area contributed by atoms with Gasteiger partial charge in [-0.15, -0.1) is 10.2 Å². The molecule has 0 atom stereocenters. The van der Waals surface area contributed by atoms with Gasteiger partial charge in [0.05, 0.1) is 16.6 Å². The molecule has 0 saturated carbocycles. The third-order valence-corrected chi connectivity index (χ3v) is 6.12. The van der Waals surface area contributed by atoms with E-state index in [1.54, 1.807) is 6.07 Å². The van der Waals surface area contributed by atoms with E-state index in [4.69, 9.17) is 4.99 Å². The summed E-state index contributed by atoms with van der Waals surface area (Å²) >= 11 is 0. The van der Waals surface area contributed by atoms with Crippen LogP contribution in [0, 0.1) is 27.7 Å². The molecule has 0 saturated heterocycles. The third-order valence-electron chi connectivity index (χ3n) is 6.12. The topological polar surface area (TPSA) is 124 Å². The van der Waals surface area contributed by atoms with Crippen molar-refractivity contribution in [3.05, 3.63) is 70.5 Å². The van der Waals surface area contributed by atoms with Crippen LogP contribution in [0.2, 0.25) is 0 Å². The molecule has 9 nitrogen and oxygen atoms in total. The molecule has 4 heterocycles. The summed E-state index contributed by atoms with van der Waals surface area (Å²) in [4.78, 5) is 13.7. The molecule has 6 rings (SSSR count). The highest BCUT2D eigenvalue weighted by Gasteiger charge is 2.22. The summed E-state index contributed by atoms with van der Waals surface area (Å²) in [5.41, 5.74) is 6.45. The molecule has 0 aliphatic carbocycles. The van der Waals surface area contributed by atoms with Gasteiger partial charge in [0.15, 0.2) is 23.1 Å². The van der Waals surface area contributed by atoms with Crippen LogP contribution in [0.15, 0.2) is 57.7 Å². The van der Waals surface area contributed by atoms with Crippen molar-refractivity contribution in [2.24, 2.45) is 15.2 Å². The molecule has 3 aromatic heterocycles. The Bertz CT molecular complexity index is 1730. The van der Waals surface area contributed by atoms with Crippen molar-refractivity contribution in [3.63, 3.8) is 0 Å². The molecule has 0 radical (unpaired) electrons. The second kappa shape index (κ2) is 7.69. The average Bonchev–Trinajstić information content (AvgIpc) is 3.41. The number of benzene rings is 2. The average molecular weight is 463 g/mol. The number of rotatable bonds is 3. The lowest BCUT2D eigenvalue weighted by atomic mass is 10.1. The Labute approximate surface area is 200 Å². The Balaban J connectivity index is 1.52. The molecule has 9 heteroatoms. The normalized spacial score (nSPS) is 13.8. The maximum atomic E-state index is 11.1. The van der Waals surface area contributed by atoms with Gasteiger partial charge in [-0.2, -0.15) is 5.10 Å². The van der Waals surface area contributed by atoms with Crippen LogP contribution in [0.4, 0.5) is 23.0 Å². The number of nitrogens with zero attached hydrogens (tertiary/aromatic N) is 6. The number of aliphatic imine (C=N–C) groups is 1. The van der Waals surface area contributed by atoms with Gasteiger partial charge < -0.3 is 10.4 Å². The smallest absolute Gasteiger partial charge is 0.186 e. The summed E-state index contributed by atoms with van der Waals surface area (Å²) in [5, 5.41) is 32.9. The minimum atomic E-state index is 0.0698. The Hall–Kier alpha value is -4.66. The first-order chi connectivity index (χ1) is 16.9. The van der Waals surface area contributed by atoms with Gasteiger partial charge in [0.25, 0.3) is 0 Å². The van der Waals surface area contributed by atoms with Gasteiger partial charge >= 0.3 is 0 Å². The van der Waals surface area contributed by atoms with Crippen LogP contribution < -0.4 is 5.32 Å². The number of aromatic amines is 1. The fourth-order valence-corrected chi connectivity index (χ4v) is 4.64. The molecule has 172 valence electrons. The molecule has 0 bridgehead atoms. The number of hydrogen-bond donors (Lipinski definition) is 3. The standard InChI is InChI=1S/C26H22N8O/c1-12-9-14(3)27-23-20(12)25(33-31-23)29-18-11-19(22(35)17-8-6-5-7-16(17)18)30-26-21-13(2)10-15(4)28-24(21)32-34-26/h5-11,35H,1-4H3,(H2,27,29,31,33). The van der Waals surface area contributed by atoms with Crippen molar-refractivity contribution in [1.82, 2.24) is 20.2 Å². The summed E-state index contributed by atoms with van der Waals surface area (Å²) in [6, 6.07) is 13.4. The van der Waals surface area contributed by atoms with Crippen LogP contribution in [0.3, 0.4) is 0 Å². The number of fused-ring (bicyclic) bond motifs is 3. The van der Waals surface area contributed by atoms with Gasteiger partial charge in [0, 0.05) is 22.2 Å². The zero-order chi connectivity index (χ0) is 24.3. The molecule has 0 amide bonds. The van der Waals surface area contributed by atoms with Crippen molar-refractivity contribution in [2.75, 3.05) is 5.32 Å². The van der Waals surface area contributed by atoms with E-state index in [1.807, 2.05) is 64.1 Å². The molecule has 1 aliphatic heterocycles. The molecule has 0 fully saturated rings. The van der Waals surface area contributed by atoms with Crippen molar-refractivity contribution in [2.45, 2.75) is 27.7 Å². The number of aromatic hydroxyl groups is 1. The first kappa shape index (κ1) is 20.9. The number of pyridine rings is 2. The minimum absolute atomic E-state index is 0.0698. The third kappa shape index (κ3) is 3.40. The van der Waals surface area contributed by atoms with E-state index in [-0.39, 0.29) is 5.75 Å². The van der Waals surface area contributed by atoms with Crippen molar-refractivity contribution in [1.29, 1.82) is 0 Å². The summed E-state index contributed by atoms with van der Waals surface area (Å²) < 4.78 is 0. The maximum absolute atomic E-state index is 11.1. The Morgan fingerprint density at radius 2 is 1.63 bits per heavy atom. The van der Waals surface area contributed by atoms with Gasteiger partial charge in [-0.3, -0.25) is 5.10 Å². The van der Waals surface area contributed by atoms with Gasteiger partial charge in [-0.25, -0.2) is 15.0 Å². The number of anilines is 2. The van der Waals surface area contributed by atoms with E-state index in [1.165, 1.54) is 0 Å². The van der Waals surface area contributed by atoms with Crippen molar-refractivity contribution < 1.29 is 5.11 Å². The molecule has 0 unspecified atom stereocenters. The highest BCUT2D eigenvalue weighted by molar-refractivity contribution is 6.09. The Morgan fingerprint density at radius 1 is 0.886 bits per heavy atom. The van der Waals surface area contributed by atoms with Crippen LogP contribution in [0.1, 0.15) is 28.1 Å². The number of amidine groups is 1. The lowest BCUT2D eigenvalue weighted by Crippen LogP contribution is -1.99. The number of nitrogens with one attached hydrogen (secondary N) is 2. The first-order valence-corrected chi connectivity index (χ1v) is 11.2. The highest BCUT2D eigenvalue weighted by atomic mass is 16.3. The SMILES string of the molecule is Cc1cc(C)c2c(n1)N=NC2=Nc1cc(Nc2n[nH]c3nc(C)cc(C)c23)c2ccccc2c1O. The largest absolute Gasteiger partial charge is 0.505 e. The van der Waals surface area contributed by atoms with Gasteiger partial charge in [-0.05, 0) is 57.0 Å². The lowest BCUT2D eigenvalue weighted by molar-refractivity contribution is 0.483. The van der Waals surface area contributed by atoms with Crippen LogP contribution in [-0.2, 0) is 0 Å². The van der Waals surface area contributed by atoms with Crippen molar-refractivity contribution >= 4 is 50.7 Å². The summed E-state index contributed by atoms with van der Waals surface area (Å²) in [5.74, 6) is 1.68. The monoisotopic (exact) mass is 462 g/mol. The zero-order valence-corrected chi connectivity index (χ0v) is 19.7. The quantitative estimate of drug-likeness (QED) is 0.269. The predicted octanol–water partition coefficient (Wildman–Crippen LogP) is 6.36. The van der Waals surface area contributed by atoms with Gasteiger partial charge in [0.1, 0.15) is 11.4 Å². The molecule has 1 aliphatic rings. The van der Waals surface area contributed by atoms with E-state index in [0.717, 1.165) is 50.2 Å². The molecular formula is C26H22N8O. The molecular weight excluding hydrogens is 440 g/mol. The number of H-pyrrole nitrogens is 1. The number of phenols is 1. The van der Waals surface area contributed by atoms with E-state index in [2.05, 4.69) is 35.7 Å². The van der Waals surface area contributed by atoms with Crippen LogP contribution in [0.25, 0.3) is 21.8 Å². The predicted molar refractivity (Wildman–Crippen MR) is 137 cm³/mol. The Kier molecular flexibility index (Phi) is 4.60. The summed E-state index contributed by atoms with van der Waals surface area (Å²) in [7, 11) is 0. The van der Waals surface area contributed by atoms with Crippen molar-refractivity contribution in [3.8, 4) is 5.75 Å². The van der Waals surface area contributed by atoms with E-state index < -0.39 is 0 Å². The fourth-order valence-electron chi connectivity index (χ4n) is 4.64. The number of hydrogen-bond acceptors (Lipinski definition) is 7. The van der Waals surface area contributed by atoms with Gasteiger partial charge in [-0.1, -0.05) is 24.3 Å². The second-order valence-corrected chi connectivity index (χ2v) is 8.75. The molecule has 35 heavy (non-hydrogen) atoms. The van der Waals surface area contributed by atoms with Crippen LogP contribution in [-0.4, -0.2) is 31.1 Å². The van der Waals surface area contributed by atoms with E-state index >= 15 is 0 Å². The second-order valence-electron chi connectivity index (χ2n) is 8.75. The minimum Gasteiger partial charge on any atom is -0.505 e. The molecule has 2 aromatic carbocycles. The summed E-state index contributed by atoms with van der Waals surface area (Å²) in [6.45, 7) is 7.89. The fraction of sp³-hybridized carbons (Fsp3) is 0.154. The number of azo groups is 1. The highest BCUT2D eigenvalue weighted by Crippen LogP contribution is 2.42. The van der Waals surface area contributed by atoms with E-state index in [9.17, 15) is 5.11 Å². The molecule has 0 spiro atoms. The van der Waals surface area contributed by atoms with Crippen LogP contribution >= 0.6 is 0 Å². The maximum Gasteiger partial charge on any atom is 0.186 e. The van der Waals surface area contributed by atoms with Crippen LogP contribution in [0.5, 0.6) is 5.75 Å². The first-order valence-electron chi connectivity index (χ1n) is 11.2. The molecule has 3 N–H and O–H groups in total. The van der Waals surface area contributed by atoms with Gasteiger partial charge in [0.2, 0.25) is 0 Å².